The van der Waals surface area contributed by atoms with E-state index < -0.39 is 0 Å². The van der Waals surface area contributed by atoms with E-state index >= 15 is 0 Å². The van der Waals surface area contributed by atoms with E-state index in [4.69, 9.17) is 0 Å². The van der Waals surface area contributed by atoms with Crippen molar-refractivity contribution in [1.29, 1.82) is 0 Å². The van der Waals surface area contributed by atoms with Crippen molar-refractivity contribution in [2.24, 2.45) is 11.8 Å². The van der Waals surface area contributed by atoms with Gasteiger partial charge in [-0.15, -0.1) is 18.5 Å². The second-order valence-corrected chi connectivity index (χ2v) is 13.8. The van der Waals surface area contributed by atoms with Crippen molar-refractivity contribution < 1.29 is 0 Å². The van der Waals surface area contributed by atoms with Crippen LogP contribution in [0.25, 0.3) is 22.3 Å². The highest BCUT2D eigenvalue weighted by atomic mass is 31.0. The lowest BCUT2D eigenvalue weighted by molar-refractivity contribution is 0.191. The summed E-state index contributed by atoms with van der Waals surface area (Å²) < 4.78 is 0. The van der Waals surface area contributed by atoms with E-state index in [1.54, 1.807) is 5.56 Å². The number of benzene rings is 3. The normalized spacial score (nSPS) is 22.1. The van der Waals surface area contributed by atoms with E-state index in [2.05, 4.69) is 117 Å². The van der Waals surface area contributed by atoms with Crippen molar-refractivity contribution in [3.63, 3.8) is 0 Å². The minimum absolute atomic E-state index is 0.00804. The summed E-state index contributed by atoms with van der Waals surface area (Å²) in [5, 5.41) is 7.59. The summed E-state index contributed by atoms with van der Waals surface area (Å²) >= 11 is 0. The minimum atomic E-state index is -0.0219. The Balaban J connectivity index is 1.89. The van der Waals surface area contributed by atoms with E-state index in [9.17, 15) is 0 Å². The molecule has 0 bridgehead atoms. The van der Waals surface area contributed by atoms with Crippen molar-refractivity contribution in [3.05, 3.63) is 83.4 Å². The molecule has 4 atom stereocenters. The third-order valence-electron chi connectivity index (χ3n) is 8.90. The molecular formula is C34H46N2P2. The predicted molar refractivity (Wildman–Crippen MR) is 172 cm³/mol. The van der Waals surface area contributed by atoms with Crippen molar-refractivity contribution in [2.75, 3.05) is 26.2 Å². The molecule has 2 saturated heterocycles. The molecule has 4 unspecified atom stereocenters. The predicted octanol–water partition coefficient (Wildman–Crippen LogP) is 7.76. The molecule has 2 aliphatic heterocycles. The van der Waals surface area contributed by atoms with Gasteiger partial charge in [0, 0.05) is 5.16 Å². The highest BCUT2D eigenvalue weighted by molar-refractivity contribution is 7.18. The topological polar surface area (TPSA) is 24.1 Å². The maximum absolute atomic E-state index is 3.79. The molecule has 3 aromatic carbocycles. The molecule has 0 spiro atoms. The zero-order chi connectivity index (χ0) is 26.8. The van der Waals surface area contributed by atoms with Crippen molar-refractivity contribution in [3.8, 4) is 22.3 Å². The molecule has 0 aliphatic carbocycles. The van der Waals surface area contributed by atoms with Crippen LogP contribution in [0.3, 0.4) is 0 Å². The Morgan fingerprint density at radius 3 is 1.74 bits per heavy atom. The van der Waals surface area contributed by atoms with Crippen LogP contribution in [0.15, 0.2) is 66.7 Å². The summed E-state index contributed by atoms with van der Waals surface area (Å²) in [6, 6.07) is 24.8. The van der Waals surface area contributed by atoms with Crippen LogP contribution in [0.2, 0.25) is 0 Å². The maximum atomic E-state index is 3.79. The number of piperidine rings is 2. The first-order valence-corrected chi connectivity index (χ1v) is 16.0. The average molecular weight is 545 g/mol. The first-order chi connectivity index (χ1) is 18.4. The summed E-state index contributed by atoms with van der Waals surface area (Å²) in [4.78, 5) is 0. The van der Waals surface area contributed by atoms with Crippen LogP contribution < -0.4 is 10.6 Å². The van der Waals surface area contributed by atoms with Gasteiger partial charge in [0.25, 0.3) is 0 Å². The van der Waals surface area contributed by atoms with Gasteiger partial charge in [-0.05, 0) is 120 Å². The number of rotatable bonds is 6. The molecule has 2 N–H and O–H groups in total. The van der Waals surface area contributed by atoms with Gasteiger partial charge in [0.05, 0.1) is 0 Å². The zero-order valence-electron chi connectivity index (χ0n) is 23.5. The molecule has 0 radical (unpaired) electrons. The van der Waals surface area contributed by atoms with Gasteiger partial charge in [0.15, 0.2) is 0 Å². The third-order valence-corrected chi connectivity index (χ3v) is 10.6. The molecule has 2 fully saturated rings. The standard InChI is InChI=1S/C34H46N2P2/c1-33(2,3)32-30(25-14-8-5-9-15-25)29(24-12-6-4-7-13-24)20-26(23-37)31(32)34(38,27-16-10-18-35-21-27)28-17-11-19-36-22-28/h4-9,12-15,20,27-28,35-36H,10-11,16-19,21-23,37-38H2,1-3H3. The third kappa shape index (κ3) is 5.40. The van der Waals surface area contributed by atoms with Gasteiger partial charge >= 0.3 is 0 Å². The number of nitrogens with one attached hydrogen (secondary N) is 2. The molecule has 0 amide bonds. The summed E-state index contributed by atoms with van der Waals surface area (Å²) in [5.41, 5.74) is 10.0. The Labute approximate surface area is 235 Å². The second-order valence-electron chi connectivity index (χ2n) is 12.4. The minimum Gasteiger partial charge on any atom is -0.316 e. The smallest absolute Gasteiger partial charge is 0.0184 e. The molecule has 202 valence electrons. The highest BCUT2D eigenvalue weighted by Crippen LogP contribution is 2.56. The van der Waals surface area contributed by atoms with Crippen molar-refractivity contribution >= 4 is 18.5 Å². The van der Waals surface area contributed by atoms with Crippen LogP contribution >= 0.6 is 18.5 Å². The van der Waals surface area contributed by atoms with E-state index in [1.165, 1.54) is 59.1 Å². The lowest BCUT2D eigenvalue weighted by Crippen LogP contribution is -2.50. The molecule has 2 nitrogen and oxygen atoms in total. The Kier molecular flexibility index (Phi) is 8.76. The molecule has 4 heteroatoms. The van der Waals surface area contributed by atoms with Gasteiger partial charge in [-0.1, -0.05) is 81.4 Å². The molecule has 2 heterocycles. The fourth-order valence-electron chi connectivity index (χ4n) is 7.16. The Morgan fingerprint density at radius 2 is 1.29 bits per heavy atom. The Hall–Kier alpha value is -1.56. The lowest BCUT2D eigenvalue weighted by Gasteiger charge is -2.50. The molecule has 0 aromatic heterocycles. The van der Waals surface area contributed by atoms with Crippen LogP contribution in [-0.4, -0.2) is 26.2 Å². The highest BCUT2D eigenvalue weighted by Gasteiger charge is 2.47. The van der Waals surface area contributed by atoms with Gasteiger partial charge in [-0.2, -0.15) is 0 Å². The van der Waals surface area contributed by atoms with Crippen LogP contribution in [0.1, 0.15) is 63.1 Å². The first-order valence-electron chi connectivity index (χ1n) is 14.6. The van der Waals surface area contributed by atoms with Crippen LogP contribution in [-0.2, 0) is 16.7 Å². The van der Waals surface area contributed by atoms with Crippen molar-refractivity contribution in [1.82, 2.24) is 10.6 Å². The largest absolute Gasteiger partial charge is 0.316 e. The van der Waals surface area contributed by atoms with E-state index in [1.807, 2.05) is 0 Å². The summed E-state index contributed by atoms with van der Waals surface area (Å²) in [6.07, 6.45) is 6.05. The Bertz CT molecular complexity index is 1190. The molecule has 5 rings (SSSR count). The first kappa shape index (κ1) is 28.0. The molecule has 38 heavy (non-hydrogen) atoms. The van der Waals surface area contributed by atoms with Crippen molar-refractivity contribution in [2.45, 2.75) is 63.2 Å². The van der Waals surface area contributed by atoms with Gasteiger partial charge < -0.3 is 10.6 Å². The molecule has 3 aromatic rings. The van der Waals surface area contributed by atoms with E-state index in [-0.39, 0.29) is 10.6 Å². The SMILES string of the molecule is CC(C)(C)c1c(-c2ccccc2)c(-c2ccccc2)cc(CP)c1C(P)(C1CCCNC1)C1CCCNC1. The zero-order valence-corrected chi connectivity index (χ0v) is 25.8. The van der Waals surface area contributed by atoms with Crippen LogP contribution in [0, 0.1) is 11.8 Å². The van der Waals surface area contributed by atoms with E-state index in [0.29, 0.717) is 11.8 Å². The van der Waals surface area contributed by atoms with Crippen LogP contribution in [0.4, 0.5) is 0 Å². The Morgan fingerprint density at radius 1 is 0.763 bits per heavy atom. The average Bonchev–Trinajstić information content (AvgIpc) is 2.97. The monoisotopic (exact) mass is 544 g/mol. The summed E-state index contributed by atoms with van der Waals surface area (Å²) in [5.74, 6) is 1.18. The number of hydrogen-bond donors (Lipinski definition) is 2. The fraction of sp³-hybridized carbons (Fsp3) is 0.471. The molecule has 2 aliphatic rings. The van der Waals surface area contributed by atoms with Gasteiger partial charge in [-0.25, -0.2) is 0 Å². The second kappa shape index (κ2) is 11.9. The van der Waals surface area contributed by atoms with E-state index in [0.717, 1.165) is 32.3 Å². The maximum Gasteiger partial charge on any atom is 0.0184 e. The van der Waals surface area contributed by atoms with Gasteiger partial charge in [-0.3, -0.25) is 0 Å². The fourth-order valence-corrected chi connectivity index (χ4v) is 8.38. The lowest BCUT2D eigenvalue weighted by atomic mass is 9.64. The van der Waals surface area contributed by atoms with Crippen LogP contribution in [0.5, 0.6) is 0 Å². The number of hydrogen-bond acceptors (Lipinski definition) is 2. The van der Waals surface area contributed by atoms with Gasteiger partial charge in [0.2, 0.25) is 0 Å². The molecule has 0 saturated carbocycles. The quantitative estimate of drug-likeness (QED) is 0.310. The summed E-state index contributed by atoms with van der Waals surface area (Å²) in [7, 11) is 6.63. The summed E-state index contributed by atoms with van der Waals surface area (Å²) in [6.45, 7) is 11.8. The van der Waals surface area contributed by atoms with Gasteiger partial charge in [0.1, 0.15) is 0 Å². The molecular weight excluding hydrogens is 498 g/mol.